The SMILES string of the molecule is C.CCC=C(Cc1ccccc1)Cc1ccccc1.CCCC(Cc1ccccc1)Cc1ccccc1.O=C(Cc1ccccc1)Cc1ccccc1.O=C=O.O=C=O.O=COCC(Cc1ccccc1)Cc1ccccc1.[H-].[K+].[Na+].[OH-]. The van der Waals surface area contributed by atoms with Gasteiger partial charge in [-0.3, -0.25) is 9.59 Å². The first kappa shape index (κ1) is 77.1. The van der Waals surface area contributed by atoms with Crippen LogP contribution >= 0.6 is 0 Å². The van der Waals surface area contributed by atoms with Gasteiger partial charge in [-0.05, 0) is 95.4 Å². The van der Waals surface area contributed by atoms with Gasteiger partial charge in [-0.15, -0.1) is 0 Å². The number of allylic oxidation sites excluding steroid dienone is 2. The van der Waals surface area contributed by atoms with E-state index in [-0.39, 0.29) is 113 Å². The van der Waals surface area contributed by atoms with E-state index in [1.807, 2.05) is 97.1 Å². The average molecular weight is 1120 g/mol. The topological polar surface area (TPSA) is 142 Å². The van der Waals surface area contributed by atoms with Crippen LogP contribution in [-0.2, 0) is 84.9 Å². The van der Waals surface area contributed by atoms with Crippen LogP contribution in [0.3, 0.4) is 0 Å². The van der Waals surface area contributed by atoms with Crippen LogP contribution in [0.5, 0.6) is 0 Å². The average Bonchev–Trinajstić information content (AvgIpc) is 3.47. The maximum absolute atomic E-state index is 11.8. The van der Waals surface area contributed by atoms with Crippen molar-refractivity contribution in [3.63, 3.8) is 0 Å². The first-order valence-electron chi connectivity index (χ1n) is 26.4. The molecule has 0 radical (unpaired) electrons. The Bertz CT molecular complexity index is 2640. The molecular weight excluding hydrogens is 1040 g/mol. The molecule has 0 aromatic heterocycles. The molecule has 10 heteroatoms. The summed E-state index contributed by atoms with van der Waals surface area (Å²) in [6.07, 6.45) is 13.9. The number of carbonyl (C=O) groups is 2. The second-order valence-electron chi connectivity index (χ2n) is 18.3. The van der Waals surface area contributed by atoms with E-state index in [0.29, 0.717) is 31.8 Å². The first-order chi connectivity index (χ1) is 37.8. The third-order valence-electron chi connectivity index (χ3n) is 12.1. The third kappa shape index (κ3) is 38.4. The monoisotopic (exact) mass is 1120 g/mol. The molecule has 8 nitrogen and oxygen atoms in total. The van der Waals surface area contributed by atoms with Crippen molar-refractivity contribution >= 4 is 24.6 Å². The number of hydrogen-bond donors (Lipinski definition) is 0. The summed E-state index contributed by atoms with van der Waals surface area (Å²) in [6, 6.07) is 83.5. The Balaban J connectivity index is -0.000000963. The van der Waals surface area contributed by atoms with Gasteiger partial charge in [-0.1, -0.05) is 288 Å². The number of benzene rings is 8. The van der Waals surface area contributed by atoms with Gasteiger partial charge in [0.25, 0.3) is 6.47 Å². The quantitative estimate of drug-likeness (QED) is 0.0372. The minimum atomic E-state index is 0. The van der Waals surface area contributed by atoms with Crippen LogP contribution in [0.4, 0.5) is 0 Å². The maximum Gasteiger partial charge on any atom is 1.00 e. The zero-order valence-electron chi connectivity index (χ0n) is 48.2. The van der Waals surface area contributed by atoms with Gasteiger partial charge in [-0.2, -0.15) is 19.2 Å². The molecule has 0 aliphatic rings. The molecule has 8 rings (SSSR count). The smallest absolute Gasteiger partial charge is 1.00 e. The standard InChI is InChI=1S/C18H22.C18H20.C17H18O2.C15H14O.2CO2.CH4.K.Na.H2O.H/c2*1-2-9-18(14-16-10-5-3-6-11-16)15-17-12-7-4-8-13-17;18-14-19-13-17(11-15-7-3-1-4-8-15)12-16-9-5-2-6-10-16;16-15(11-13-7-3-1-4-8-13)12-14-9-5-2-6-10-14;2*2-1-3;;;;;/h3-8,10-13,18H,2,9,14-15H2,1H3;3-13H,2,14-15H2,1H3;1-10,14,17H,11-13H2;1-10H,11-12H2;;;1H4;;;1H2;/q;;;;;;;2*+1;;-1/p-1. The molecule has 8 aromatic carbocycles. The van der Waals surface area contributed by atoms with Crippen LogP contribution in [0.1, 0.15) is 86.5 Å². The predicted octanol–water partition coefficient (Wildman–Crippen LogP) is 9.41. The van der Waals surface area contributed by atoms with Crippen LogP contribution in [0.15, 0.2) is 254 Å². The summed E-state index contributed by atoms with van der Waals surface area (Å²) in [5.74, 6) is 1.34. The number of ketones is 1. The van der Waals surface area contributed by atoms with Gasteiger partial charge < -0.3 is 11.6 Å². The first-order valence-corrected chi connectivity index (χ1v) is 26.4. The van der Waals surface area contributed by atoms with Crippen LogP contribution in [0.2, 0.25) is 0 Å². The van der Waals surface area contributed by atoms with E-state index in [9.17, 15) is 9.59 Å². The molecule has 0 amide bonds. The summed E-state index contributed by atoms with van der Waals surface area (Å²) in [5, 5.41) is 0. The molecule has 0 heterocycles. The van der Waals surface area contributed by atoms with Crippen LogP contribution in [0.25, 0.3) is 0 Å². The van der Waals surface area contributed by atoms with E-state index < -0.39 is 0 Å². The molecule has 0 fully saturated rings. The Morgan fingerprint density at radius 1 is 0.432 bits per heavy atom. The molecule has 0 aliphatic heterocycles. The summed E-state index contributed by atoms with van der Waals surface area (Å²) in [7, 11) is 0. The summed E-state index contributed by atoms with van der Waals surface area (Å²) in [5.41, 5.74) is 12.0. The fourth-order valence-corrected chi connectivity index (χ4v) is 8.76. The molecule has 0 bridgehead atoms. The van der Waals surface area contributed by atoms with Crippen molar-refractivity contribution in [1.29, 1.82) is 0 Å². The maximum atomic E-state index is 11.8. The van der Waals surface area contributed by atoms with Gasteiger partial charge in [0, 0.05) is 18.8 Å². The summed E-state index contributed by atoms with van der Waals surface area (Å²) >= 11 is 0. The van der Waals surface area contributed by atoms with Crippen molar-refractivity contribution in [2.45, 2.75) is 91.9 Å². The minimum Gasteiger partial charge on any atom is -1.00 e. The molecule has 81 heavy (non-hydrogen) atoms. The fraction of sp³-hybridized carbons (Fsp3) is 0.239. The molecule has 0 saturated heterocycles. The Morgan fingerprint density at radius 2 is 0.667 bits per heavy atom. The summed E-state index contributed by atoms with van der Waals surface area (Å²) in [6.45, 7) is 5.48. The Kier molecular flexibility index (Phi) is 49.6. The van der Waals surface area contributed by atoms with Gasteiger partial charge in [0.05, 0.1) is 6.61 Å². The molecule has 0 saturated carbocycles. The van der Waals surface area contributed by atoms with Crippen LogP contribution in [-0.4, -0.2) is 36.6 Å². The number of hydrogen-bond acceptors (Lipinski definition) is 8. The third-order valence-corrected chi connectivity index (χ3v) is 12.1. The summed E-state index contributed by atoms with van der Waals surface area (Å²) < 4.78 is 4.96. The molecule has 0 atom stereocenters. The Morgan fingerprint density at radius 3 is 0.901 bits per heavy atom. The molecule has 1 N–H and O–H groups in total. The van der Waals surface area contributed by atoms with Gasteiger partial charge in [0.15, 0.2) is 0 Å². The predicted molar refractivity (Wildman–Crippen MR) is 318 cm³/mol. The van der Waals surface area contributed by atoms with E-state index in [1.54, 1.807) is 0 Å². The molecule has 0 spiro atoms. The second kappa shape index (κ2) is 52.1. The number of rotatable bonds is 22. The van der Waals surface area contributed by atoms with E-state index in [0.717, 1.165) is 49.1 Å². The number of ether oxygens (including phenoxy) is 1. The van der Waals surface area contributed by atoms with Gasteiger partial charge in [0.1, 0.15) is 5.78 Å². The molecule has 0 unspecified atom stereocenters. The number of carbonyl (C=O) groups excluding carboxylic acids is 6. The van der Waals surface area contributed by atoms with Crippen molar-refractivity contribution in [2.24, 2.45) is 11.8 Å². The van der Waals surface area contributed by atoms with E-state index >= 15 is 0 Å². The second-order valence-corrected chi connectivity index (χ2v) is 18.3. The van der Waals surface area contributed by atoms with Crippen molar-refractivity contribution in [3.8, 4) is 0 Å². The fourth-order valence-electron chi connectivity index (χ4n) is 8.76. The van der Waals surface area contributed by atoms with Crippen LogP contribution < -0.4 is 80.9 Å². The zero-order chi connectivity index (χ0) is 55.2. The largest absolute Gasteiger partial charge is 1.00 e. The van der Waals surface area contributed by atoms with E-state index in [1.165, 1.54) is 64.6 Å². The van der Waals surface area contributed by atoms with Gasteiger partial charge in [-0.25, -0.2) is 0 Å². The van der Waals surface area contributed by atoms with E-state index in [2.05, 4.69) is 166 Å². The minimum absolute atomic E-state index is 0. The van der Waals surface area contributed by atoms with Gasteiger partial charge >= 0.3 is 93.2 Å². The zero-order valence-corrected chi connectivity index (χ0v) is 52.3. The van der Waals surface area contributed by atoms with Crippen molar-refractivity contribution < 1.29 is 121 Å². The van der Waals surface area contributed by atoms with Crippen molar-refractivity contribution in [2.75, 3.05) is 6.61 Å². The Hall–Kier alpha value is -6.00. The molecule has 8 aromatic rings. The van der Waals surface area contributed by atoms with Gasteiger partial charge in [0.2, 0.25) is 0 Å². The van der Waals surface area contributed by atoms with Crippen LogP contribution in [0, 0.1) is 11.8 Å². The normalized spacial score (nSPS) is 9.23. The van der Waals surface area contributed by atoms with Crippen molar-refractivity contribution in [1.82, 2.24) is 0 Å². The molecule has 414 valence electrons. The van der Waals surface area contributed by atoms with E-state index in [4.69, 9.17) is 23.9 Å². The molecular formula is C71H80KNaO8. The number of Topliss-reactive ketones (excluding diaryl/α,β-unsaturated/α-hetero) is 1. The Labute approximate surface area is 549 Å². The van der Waals surface area contributed by atoms with Crippen molar-refractivity contribution in [3.05, 3.63) is 299 Å². The molecule has 0 aliphatic carbocycles. The summed E-state index contributed by atoms with van der Waals surface area (Å²) in [4.78, 5) is 54.7.